The van der Waals surface area contributed by atoms with Gasteiger partial charge in [-0.1, -0.05) is 5.16 Å². The molecule has 0 atom stereocenters. The second-order valence-corrected chi connectivity index (χ2v) is 7.04. The SMILES string of the molecule is c1cc2ccc(N3CCC(Cc4noc(C5CC5)n4)CC3)nc2[nH]1. The molecule has 4 heterocycles. The van der Waals surface area contributed by atoms with E-state index in [0.29, 0.717) is 11.8 Å². The Balaban J connectivity index is 1.21. The third kappa shape index (κ3) is 2.66. The highest BCUT2D eigenvalue weighted by Crippen LogP contribution is 2.39. The molecule has 0 radical (unpaired) electrons. The van der Waals surface area contributed by atoms with Crippen molar-refractivity contribution < 1.29 is 4.52 Å². The maximum atomic E-state index is 5.37. The Hall–Kier alpha value is -2.37. The molecule has 6 heteroatoms. The van der Waals surface area contributed by atoms with Gasteiger partial charge in [-0.25, -0.2) is 4.98 Å². The van der Waals surface area contributed by atoms with E-state index in [1.54, 1.807) is 0 Å². The molecule has 1 aliphatic heterocycles. The van der Waals surface area contributed by atoms with Crippen LogP contribution in [0.15, 0.2) is 28.9 Å². The van der Waals surface area contributed by atoms with Gasteiger partial charge in [-0.15, -0.1) is 0 Å². The Labute approximate surface area is 140 Å². The predicted octanol–water partition coefficient (Wildman–Crippen LogP) is 3.28. The number of aromatic amines is 1. The summed E-state index contributed by atoms with van der Waals surface area (Å²) >= 11 is 0. The van der Waals surface area contributed by atoms with Crippen LogP contribution in [0.1, 0.15) is 43.3 Å². The number of hydrogen-bond donors (Lipinski definition) is 1. The zero-order chi connectivity index (χ0) is 15.9. The summed E-state index contributed by atoms with van der Waals surface area (Å²) in [4.78, 5) is 14.9. The number of nitrogens with zero attached hydrogens (tertiary/aromatic N) is 4. The molecule has 1 aliphatic carbocycles. The Bertz CT molecular complexity index is 842. The van der Waals surface area contributed by atoms with Crippen molar-refractivity contribution in [2.24, 2.45) is 5.92 Å². The van der Waals surface area contributed by atoms with E-state index in [0.717, 1.165) is 60.9 Å². The first-order valence-electron chi connectivity index (χ1n) is 8.87. The molecule has 6 nitrogen and oxygen atoms in total. The van der Waals surface area contributed by atoms with Crippen molar-refractivity contribution in [3.8, 4) is 0 Å². The van der Waals surface area contributed by atoms with E-state index in [9.17, 15) is 0 Å². The maximum absolute atomic E-state index is 5.37. The van der Waals surface area contributed by atoms with E-state index < -0.39 is 0 Å². The lowest BCUT2D eigenvalue weighted by Gasteiger charge is -2.32. The van der Waals surface area contributed by atoms with Gasteiger partial charge in [0.2, 0.25) is 5.89 Å². The summed E-state index contributed by atoms with van der Waals surface area (Å²) in [6.45, 7) is 2.08. The summed E-state index contributed by atoms with van der Waals surface area (Å²) in [5.74, 6) is 3.99. The Morgan fingerprint density at radius 2 is 1.96 bits per heavy atom. The van der Waals surface area contributed by atoms with Gasteiger partial charge >= 0.3 is 0 Å². The largest absolute Gasteiger partial charge is 0.357 e. The zero-order valence-electron chi connectivity index (χ0n) is 13.6. The number of nitrogens with one attached hydrogen (secondary N) is 1. The fourth-order valence-electron chi connectivity index (χ4n) is 3.57. The molecule has 2 fully saturated rings. The zero-order valence-corrected chi connectivity index (χ0v) is 13.6. The lowest BCUT2D eigenvalue weighted by molar-refractivity contribution is 0.358. The van der Waals surface area contributed by atoms with Crippen molar-refractivity contribution in [1.29, 1.82) is 0 Å². The van der Waals surface area contributed by atoms with Gasteiger partial charge in [-0.05, 0) is 49.8 Å². The van der Waals surface area contributed by atoms with Crippen LogP contribution in [0, 0.1) is 5.92 Å². The number of hydrogen-bond acceptors (Lipinski definition) is 5. The number of anilines is 1. The van der Waals surface area contributed by atoms with Gasteiger partial charge in [0.15, 0.2) is 5.82 Å². The lowest BCUT2D eigenvalue weighted by Crippen LogP contribution is -2.34. The minimum atomic E-state index is 0.544. The standard InChI is InChI=1S/C18H21N5O/c1-2-14(1)18-20-15(22-24-18)11-12-6-9-23(10-7-12)16-4-3-13-5-8-19-17(13)21-16/h3-5,8,12,14H,1-2,6-7,9-11H2,(H,19,21). The summed E-state index contributed by atoms with van der Waals surface area (Å²) in [6, 6.07) is 6.32. The molecule has 0 unspecified atom stereocenters. The van der Waals surface area contributed by atoms with E-state index in [1.165, 1.54) is 12.8 Å². The third-order valence-corrected chi connectivity index (χ3v) is 5.21. The van der Waals surface area contributed by atoms with Crippen LogP contribution in [0.5, 0.6) is 0 Å². The Kier molecular flexibility index (Phi) is 3.28. The molecule has 1 saturated carbocycles. The summed E-state index contributed by atoms with van der Waals surface area (Å²) in [5, 5.41) is 5.32. The van der Waals surface area contributed by atoms with Crippen molar-refractivity contribution in [1.82, 2.24) is 20.1 Å². The van der Waals surface area contributed by atoms with Crippen molar-refractivity contribution in [2.45, 2.75) is 38.0 Å². The Morgan fingerprint density at radius 1 is 1.08 bits per heavy atom. The normalized spacial score (nSPS) is 19.2. The molecule has 0 spiro atoms. The van der Waals surface area contributed by atoms with Gasteiger partial charge in [0.25, 0.3) is 0 Å². The lowest BCUT2D eigenvalue weighted by atomic mass is 9.93. The molecule has 3 aromatic heterocycles. The van der Waals surface area contributed by atoms with E-state index >= 15 is 0 Å². The molecule has 5 rings (SSSR count). The van der Waals surface area contributed by atoms with E-state index in [2.05, 4.69) is 38.2 Å². The minimum Gasteiger partial charge on any atom is -0.357 e. The van der Waals surface area contributed by atoms with Crippen LogP contribution in [0.2, 0.25) is 0 Å². The molecule has 1 N–H and O–H groups in total. The van der Waals surface area contributed by atoms with Crippen LogP contribution in [0.25, 0.3) is 11.0 Å². The smallest absolute Gasteiger partial charge is 0.229 e. The highest BCUT2D eigenvalue weighted by molar-refractivity contribution is 5.77. The molecular formula is C18H21N5O. The van der Waals surface area contributed by atoms with Crippen LogP contribution in [0.4, 0.5) is 5.82 Å². The summed E-state index contributed by atoms with van der Waals surface area (Å²) in [7, 11) is 0. The summed E-state index contributed by atoms with van der Waals surface area (Å²) in [5.41, 5.74) is 0.967. The average molecular weight is 323 g/mol. The van der Waals surface area contributed by atoms with Crippen molar-refractivity contribution >= 4 is 16.9 Å². The van der Waals surface area contributed by atoms with Gasteiger partial charge in [0.05, 0.1) is 0 Å². The molecule has 2 aliphatic rings. The average Bonchev–Trinajstić information content (AvgIpc) is 3.17. The maximum Gasteiger partial charge on any atom is 0.229 e. The number of rotatable bonds is 4. The molecule has 24 heavy (non-hydrogen) atoms. The molecule has 124 valence electrons. The third-order valence-electron chi connectivity index (χ3n) is 5.21. The van der Waals surface area contributed by atoms with E-state index in [1.807, 2.05) is 6.20 Å². The van der Waals surface area contributed by atoms with Crippen molar-refractivity contribution in [3.63, 3.8) is 0 Å². The van der Waals surface area contributed by atoms with E-state index in [4.69, 9.17) is 9.51 Å². The number of pyridine rings is 1. The van der Waals surface area contributed by atoms with Crippen LogP contribution in [0.3, 0.4) is 0 Å². The number of H-pyrrole nitrogens is 1. The van der Waals surface area contributed by atoms with Crippen molar-refractivity contribution in [2.75, 3.05) is 18.0 Å². The monoisotopic (exact) mass is 323 g/mol. The Morgan fingerprint density at radius 3 is 2.79 bits per heavy atom. The molecule has 0 bridgehead atoms. The predicted molar refractivity (Wildman–Crippen MR) is 91.0 cm³/mol. The fourth-order valence-corrected chi connectivity index (χ4v) is 3.57. The first-order chi connectivity index (χ1) is 11.8. The van der Waals surface area contributed by atoms with Gasteiger partial charge in [-0.2, -0.15) is 4.98 Å². The fraction of sp³-hybridized carbons (Fsp3) is 0.500. The van der Waals surface area contributed by atoms with Crippen molar-refractivity contribution in [3.05, 3.63) is 36.1 Å². The molecule has 3 aromatic rings. The van der Waals surface area contributed by atoms with Gasteiger partial charge in [0.1, 0.15) is 11.5 Å². The number of fused-ring (bicyclic) bond motifs is 1. The number of aromatic nitrogens is 4. The second kappa shape index (κ2) is 5.61. The van der Waals surface area contributed by atoms with Crippen LogP contribution in [-0.2, 0) is 6.42 Å². The summed E-state index contributed by atoms with van der Waals surface area (Å²) < 4.78 is 5.37. The van der Waals surface area contributed by atoms with E-state index in [-0.39, 0.29) is 0 Å². The first kappa shape index (κ1) is 14.0. The molecule has 1 saturated heterocycles. The molecular weight excluding hydrogens is 302 g/mol. The minimum absolute atomic E-state index is 0.544. The molecule has 0 amide bonds. The van der Waals surface area contributed by atoms with Crippen LogP contribution < -0.4 is 4.90 Å². The van der Waals surface area contributed by atoms with Crippen LogP contribution in [-0.4, -0.2) is 33.2 Å². The second-order valence-electron chi connectivity index (χ2n) is 7.04. The van der Waals surface area contributed by atoms with Gasteiger partial charge in [-0.3, -0.25) is 0 Å². The topological polar surface area (TPSA) is 70.8 Å². The summed E-state index contributed by atoms with van der Waals surface area (Å²) in [6.07, 6.45) is 7.59. The highest BCUT2D eigenvalue weighted by Gasteiger charge is 2.30. The number of piperidine rings is 1. The van der Waals surface area contributed by atoms with Gasteiger partial charge in [0, 0.05) is 37.0 Å². The van der Waals surface area contributed by atoms with Gasteiger partial charge < -0.3 is 14.4 Å². The first-order valence-corrected chi connectivity index (χ1v) is 8.87. The highest BCUT2D eigenvalue weighted by atomic mass is 16.5. The quantitative estimate of drug-likeness (QED) is 0.798. The molecule has 0 aromatic carbocycles. The van der Waals surface area contributed by atoms with Crippen LogP contribution >= 0.6 is 0 Å².